The van der Waals surface area contributed by atoms with Crippen LogP contribution in [0.4, 0.5) is 0 Å². The predicted molar refractivity (Wildman–Crippen MR) is 96.8 cm³/mol. The molecule has 5 heteroatoms. The standard InChI is InChI=1S/C19H31N3O2/c1-22(2)13-17(14-23)21-19(24)18-12-16(10-11-20-18)9-8-15-6-4-3-5-7-15/h3-7,16-18,20,23H,8-14H2,1-2H3,(H,21,24). The Balaban J connectivity index is 1.80. The smallest absolute Gasteiger partial charge is 0.237 e. The molecule has 3 unspecified atom stereocenters. The van der Waals surface area contributed by atoms with Gasteiger partial charge in [-0.2, -0.15) is 0 Å². The lowest BCUT2D eigenvalue weighted by atomic mass is 9.87. The number of benzene rings is 1. The predicted octanol–water partition coefficient (Wildman–Crippen LogP) is 1.03. The summed E-state index contributed by atoms with van der Waals surface area (Å²) in [6.07, 6.45) is 4.19. The van der Waals surface area contributed by atoms with Crippen LogP contribution in [0.3, 0.4) is 0 Å². The van der Waals surface area contributed by atoms with Gasteiger partial charge < -0.3 is 20.6 Å². The van der Waals surface area contributed by atoms with Crippen molar-refractivity contribution >= 4 is 5.91 Å². The fourth-order valence-electron chi connectivity index (χ4n) is 3.37. The Morgan fingerprint density at radius 3 is 2.79 bits per heavy atom. The van der Waals surface area contributed by atoms with Crippen LogP contribution in [-0.2, 0) is 11.2 Å². The van der Waals surface area contributed by atoms with Crippen molar-refractivity contribution in [3.63, 3.8) is 0 Å². The van der Waals surface area contributed by atoms with Crippen molar-refractivity contribution in [2.45, 2.75) is 37.8 Å². The lowest BCUT2D eigenvalue weighted by molar-refractivity contribution is -0.125. The molecule has 1 aromatic rings. The topological polar surface area (TPSA) is 64.6 Å². The van der Waals surface area contributed by atoms with E-state index in [2.05, 4.69) is 34.9 Å². The third-order valence-corrected chi connectivity index (χ3v) is 4.67. The second-order valence-electron chi connectivity index (χ2n) is 7.07. The fraction of sp³-hybridized carbons (Fsp3) is 0.632. The molecule has 1 fully saturated rings. The zero-order valence-electron chi connectivity index (χ0n) is 14.9. The van der Waals surface area contributed by atoms with Crippen LogP contribution in [0.15, 0.2) is 30.3 Å². The molecule has 1 saturated heterocycles. The molecule has 1 aliphatic rings. The van der Waals surface area contributed by atoms with E-state index in [-0.39, 0.29) is 24.6 Å². The first-order chi connectivity index (χ1) is 11.6. The number of nitrogens with one attached hydrogen (secondary N) is 2. The second kappa shape index (κ2) is 9.77. The molecule has 5 nitrogen and oxygen atoms in total. The average molecular weight is 333 g/mol. The van der Waals surface area contributed by atoms with E-state index in [1.54, 1.807) is 0 Å². The number of likely N-dealkylation sites (N-methyl/N-ethyl adjacent to an activating group) is 1. The first-order valence-electron chi connectivity index (χ1n) is 8.91. The zero-order valence-corrected chi connectivity index (χ0v) is 14.9. The number of nitrogens with zero attached hydrogens (tertiary/aromatic N) is 1. The number of aliphatic hydroxyl groups is 1. The van der Waals surface area contributed by atoms with Gasteiger partial charge in [-0.25, -0.2) is 0 Å². The molecule has 2 rings (SSSR count). The van der Waals surface area contributed by atoms with E-state index in [4.69, 9.17) is 0 Å². The first-order valence-corrected chi connectivity index (χ1v) is 8.91. The van der Waals surface area contributed by atoms with Crippen molar-refractivity contribution in [1.82, 2.24) is 15.5 Å². The van der Waals surface area contributed by atoms with Gasteiger partial charge in [0.15, 0.2) is 0 Å². The van der Waals surface area contributed by atoms with Gasteiger partial charge in [0.25, 0.3) is 0 Å². The Bertz CT molecular complexity index is 493. The highest BCUT2D eigenvalue weighted by Crippen LogP contribution is 2.22. The molecule has 1 aliphatic heterocycles. The summed E-state index contributed by atoms with van der Waals surface area (Å²) in [7, 11) is 3.88. The number of rotatable bonds is 8. The monoisotopic (exact) mass is 333 g/mol. The van der Waals surface area contributed by atoms with Gasteiger partial charge in [0.2, 0.25) is 5.91 Å². The summed E-state index contributed by atoms with van der Waals surface area (Å²) in [4.78, 5) is 14.4. The molecule has 0 aliphatic carbocycles. The summed E-state index contributed by atoms with van der Waals surface area (Å²) in [6.45, 7) is 1.50. The summed E-state index contributed by atoms with van der Waals surface area (Å²) in [5, 5.41) is 15.7. The summed E-state index contributed by atoms with van der Waals surface area (Å²) in [6, 6.07) is 10.2. The molecule has 134 valence electrons. The van der Waals surface area contributed by atoms with Crippen molar-refractivity contribution in [3.05, 3.63) is 35.9 Å². The average Bonchev–Trinajstić information content (AvgIpc) is 2.60. The van der Waals surface area contributed by atoms with E-state index >= 15 is 0 Å². The zero-order chi connectivity index (χ0) is 17.4. The maximum absolute atomic E-state index is 12.5. The molecule has 3 atom stereocenters. The molecule has 1 heterocycles. The van der Waals surface area contributed by atoms with Crippen molar-refractivity contribution in [3.8, 4) is 0 Å². The number of hydrogen-bond acceptors (Lipinski definition) is 4. The van der Waals surface area contributed by atoms with Gasteiger partial charge >= 0.3 is 0 Å². The van der Waals surface area contributed by atoms with Crippen LogP contribution >= 0.6 is 0 Å². The largest absolute Gasteiger partial charge is 0.394 e. The van der Waals surface area contributed by atoms with E-state index in [1.165, 1.54) is 5.56 Å². The van der Waals surface area contributed by atoms with Gasteiger partial charge in [0, 0.05) is 6.54 Å². The van der Waals surface area contributed by atoms with Gasteiger partial charge in [-0.1, -0.05) is 30.3 Å². The van der Waals surface area contributed by atoms with Crippen molar-refractivity contribution < 1.29 is 9.90 Å². The third-order valence-electron chi connectivity index (χ3n) is 4.67. The summed E-state index contributed by atoms with van der Waals surface area (Å²) in [5.74, 6) is 0.587. The number of aliphatic hydroxyl groups excluding tert-OH is 1. The summed E-state index contributed by atoms with van der Waals surface area (Å²) in [5.41, 5.74) is 1.36. The number of hydrogen-bond donors (Lipinski definition) is 3. The minimum Gasteiger partial charge on any atom is -0.394 e. The highest BCUT2D eigenvalue weighted by Gasteiger charge is 2.27. The Morgan fingerprint density at radius 1 is 1.38 bits per heavy atom. The van der Waals surface area contributed by atoms with Gasteiger partial charge in [-0.3, -0.25) is 4.79 Å². The fourth-order valence-corrected chi connectivity index (χ4v) is 3.37. The molecule has 24 heavy (non-hydrogen) atoms. The molecule has 3 N–H and O–H groups in total. The van der Waals surface area contributed by atoms with E-state index in [0.717, 1.165) is 32.2 Å². The van der Waals surface area contributed by atoms with Crippen molar-refractivity contribution in [2.24, 2.45) is 5.92 Å². The SMILES string of the molecule is CN(C)CC(CO)NC(=O)C1CC(CCc2ccccc2)CCN1. The number of carbonyl (C=O) groups is 1. The maximum atomic E-state index is 12.5. The van der Waals surface area contributed by atoms with Crippen LogP contribution < -0.4 is 10.6 Å². The van der Waals surface area contributed by atoms with E-state index in [0.29, 0.717) is 12.5 Å². The Morgan fingerprint density at radius 2 is 2.12 bits per heavy atom. The van der Waals surface area contributed by atoms with Crippen molar-refractivity contribution in [2.75, 3.05) is 33.8 Å². The summed E-state index contributed by atoms with van der Waals surface area (Å²) >= 11 is 0. The van der Waals surface area contributed by atoms with Gasteiger partial charge in [0.05, 0.1) is 18.7 Å². The first kappa shape index (κ1) is 18.9. The molecule has 0 bridgehead atoms. The molecule has 0 saturated carbocycles. The molecule has 1 aromatic carbocycles. The minimum atomic E-state index is -0.209. The van der Waals surface area contributed by atoms with Crippen LogP contribution in [-0.4, -0.2) is 61.8 Å². The van der Waals surface area contributed by atoms with Gasteiger partial charge in [0.1, 0.15) is 0 Å². The van der Waals surface area contributed by atoms with E-state index in [9.17, 15) is 9.90 Å². The van der Waals surface area contributed by atoms with E-state index < -0.39 is 0 Å². The molecule has 0 spiro atoms. The van der Waals surface area contributed by atoms with E-state index in [1.807, 2.05) is 25.1 Å². The number of aryl methyl sites for hydroxylation is 1. The number of piperidine rings is 1. The number of carbonyl (C=O) groups excluding carboxylic acids is 1. The molecule has 1 amide bonds. The minimum absolute atomic E-state index is 0.0142. The van der Waals surface area contributed by atoms with Gasteiger partial charge in [-0.15, -0.1) is 0 Å². The Kier molecular flexibility index (Phi) is 7.69. The van der Waals surface area contributed by atoms with Crippen LogP contribution in [0.2, 0.25) is 0 Å². The third kappa shape index (κ3) is 6.23. The highest BCUT2D eigenvalue weighted by atomic mass is 16.3. The molecular formula is C19H31N3O2. The molecule has 0 aromatic heterocycles. The normalized spacial score (nSPS) is 22.3. The van der Waals surface area contributed by atoms with Crippen LogP contribution in [0.1, 0.15) is 24.8 Å². The Labute approximate surface area is 145 Å². The molecule has 0 radical (unpaired) electrons. The number of amides is 1. The van der Waals surface area contributed by atoms with Crippen LogP contribution in [0.5, 0.6) is 0 Å². The Hall–Kier alpha value is -1.43. The van der Waals surface area contributed by atoms with Crippen LogP contribution in [0.25, 0.3) is 0 Å². The van der Waals surface area contributed by atoms with Gasteiger partial charge in [-0.05, 0) is 57.8 Å². The summed E-state index contributed by atoms with van der Waals surface area (Å²) < 4.78 is 0. The lowest BCUT2D eigenvalue weighted by Crippen LogP contribution is -2.53. The quantitative estimate of drug-likeness (QED) is 0.665. The second-order valence-corrected chi connectivity index (χ2v) is 7.07. The highest BCUT2D eigenvalue weighted by molar-refractivity contribution is 5.82. The van der Waals surface area contributed by atoms with Crippen LogP contribution in [0, 0.1) is 5.92 Å². The lowest BCUT2D eigenvalue weighted by Gasteiger charge is -2.31. The maximum Gasteiger partial charge on any atom is 0.237 e. The molecular weight excluding hydrogens is 302 g/mol. The van der Waals surface area contributed by atoms with Crippen molar-refractivity contribution in [1.29, 1.82) is 0 Å².